The second-order valence-electron chi connectivity index (χ2n) is 7.78. The van der Waals surface area contributed by atoms with Crippen LogP contribution in [0.4, 0.5) is 0 Å². The fourth-order valence-corrected chi connectivity index (χ4v) is 4.21. The van der Waals surface area contributed by atoms with Gasteiger partial charge in [-0.2, -0.15) is 0 Å². The zero-order valence-corrected chi connectivity index (χ0v) is 18.2. The van der Waals surface area contributed by atoms with Gasteiger partial charge in [0.2, 0.25) is 5.78 Å². The average Bonchev–Trinajstić information content (AvgIpc) is 3.43. The Hall–Kier alpha value is -3.10. The van der Waals surface area contributed by atoms with Crippen LogP contribution < -0.4 is 4.74 Å². The number of ketones is 1. The number of furan rings is 1. The van der Waals surface area contributed by atoms with Crippen molar-refractivity contribution in [3.63, 3.8) is 0 Å². The molecule has 1 saturated heterocycles. The number of nitrogens with zero attached hydrogens (tertiary/aromatic N) is 2. The van der Waals surface area contributed by atoms with Gasteiger partial charge in [0.05, 0.1) is 37.7 Å². The Bertz CT molecular complexity index is 961. The summed E-state index contributed by atoms with van der Waals surface area (Å²) >= 11 is 0. The van der Waals surface area contributed by atoms with Gasteiger partial charge < -0.3 is 23.9 Å². The highest BCUT2D eigenvalue weighted by Gasteiger charge is 2.44. The lowest BCUT2D eigenvalue weighted by molar-refractivity contribution is -0.129. The molecule has 1 fully saturated rings. The van der Waals surface area contributed by atoms with Crippen LogP contribution in [0.5, 0.6) is 5.75 Å². The first-order valence-electron chi connectivity index (χ1n) is 10.9. The Morgan fingerprint density at radius 3 is 2.56 bits per heavy atom. The predicted octanol–water partition coefficient (Wildman–Crippen LogP) is 2.98. The van der Waals surface area contributed by atoms with E-state index in [2.05, 4.69) is 4.90 Å². The van der Waals surface area contributed by atoms with Gasteiger partial charge in [0.1, 0.15) is 5.75 Å². The van der Waals surface area contributed by atoms with Gasteiger partial charge in [-0.3, -0.25) is 14.5 Å². The van der Waals surface area contributed by atoms with E-state index in [0.29, 0.717) is 32.1 Å². The topological polar surface area (TPSA) is 92.5 Å². The van der Waals surface area contributed by atoms with Crippen molar-refractivity contribution in [2.45, 2.75) is 19.4 Å². The van der Waals surface area contributed by atoms with E-state index in [0.717, 1.165) is 31.6 Å². The molecule has 4 rings (SSSR count). The van der Waals surface area contributed by atoms with Gasteiger partial charge in [-0.05, 0) is 43.2 Å². The molecule has 1 aromatic heterocycles. The molecule has 1 amide bonds. The highest BCUT2D eigenvalue weighted by molar-refractivity contribution is 6.15. The van der Waals surface area contributed by atoms with E-state index in [1.54, 1.807) is 23.1 Å². The van der Waals surface area contributed by atoms with Crippen LogP contribution in [0.3, 0.4) is 0 Å². The van der Waals surface area contributed by atoms with Crippen LogP contribution >= 0.6 is 0 Å². The zero-order chi connectivity index (χ0) is 22.5. The van der Waals surface area contributed by atoms with Gasteiger partial charge in [0.15, 0.2) is 11.5 Å². The Morgan fingerprint density at radius 2 is 1.91 bits per heavy atom. The molecule has 0 bridgehead atoms. The maximum absolute atomic E-state index is 13.1. The van der Waals surface area contributed by atoms with E-state index >= 15 is 0 Å². The summed E-state index contributed by atoms with van der Waals surface area (Å²) in [5, 5.41) is 10.7. The van der Waals surface area contributed by atoms with Gasteiger partial charge in [-0.15, -0.1) is 0 Å². The maximum atomic E-state index is 13.1. The number of carbonyl (C=O) groups excluding carboxylic acids is 2. The first-order chi connectivity index (χ1) is 15.6. The fraction of sp³-hybridized carbons (Fsp3) is 0.417. The largest absolute Gasteiger partial charge is 0.503 e. The third kappa shape index (κ3) is 4.56. The highest BCUT2D eigenvalue weighted by Crippen LogP contribution is 2.39. The van der Waals surface area contributed by atoms with Gasteiger partial charge in [-0.1, -0.05) is 12.1 Å². The number of morpholine rings is 1. The zero-order valence-electron chi connectivity index (χ0n) is 18.2. The molecule has 0 spiro atoms. The minimum atomic E-state index is -0.694. The molecule has 1 aromatic carbocycles. The summed E-state index contributed by atoms with van der Waals surface area (Å²) in [6, 6.07) is 9.70. The van der Waals surface area contributed by atoms with Crippen molar-refractivity contribution in [1.82, 2.24) is 9.80 Å². The summed E-state index contributed by atoms with van der Waals surface area (Å²) < 4.78 is 16.2. The molecule has 0 unspecified atom stereocenters. The Labute approximate surface area is 187 Å². The molecule has 2 aliphatic rings. The van der Waals surface area contributed by atoms with E-state index in [9.17, 15) is 14.7 Å². The molecule has 0 aliphatic carbocycles. The average molecular weight is 440 g/mol. The molecule has 1 N–H and O–H groups in total. The van der Waals surface area contributed by atoms with Crippen molar-refractivity contribution in [2.24, 2.45) is 0 Å². The molecule has 3 heterocycles. The third-order valence-electron chi connectivity index (χ3n) is 5.78. The summed E-state index contributed by atoms with van der Waals surface area (Å²) in [7, 11) is 0. The Kier molecular flexibility index (Phi) is 6.92. The van der Waals surface area contributed by atoms with Crippen LogP contribution in [-0.2, 0) is 9.53 Å². The summed E-state index contributed by atoms with van der Waals surface area (Å²) in [5.41, 5.74) is 0.771. The van der Waals surface area contributed by atoms with Crippen molar-refractivity contribution in [2.75, 3.05) is 46.0 Å². The predicted molar refractivity (Wildman–Crippen MR) is 117 cm³/mol. The summed E-state index contributed by atoms with van der Waals surface area (Å²) in [6.45, 7) is 6.81. The first-order valence-corrected chi connectivity index (χ1v) is 10.9. The quantitative estimate of drug-likeness (QED) is 0.599. The van der Waals surface area contributed by atoms with E-state index in [-0.39, 0.29) is 11.3 Å². The highest BCUT2D eigenvalue weighted by atomic mass is 16.5. The van der Waals surface area contributed by atoms with Crippen molar-refractivity contribution >= 4 is 11.7 Å². The van der Waals surface area contributed by atoms with Gasteiger partial charge in [0.25, 0.3) is 5.91 Å². The molecule has 2 aromatic rings. The fourth-order valence-electron chi connectivity index (χ4n) is 4.21. The number of ether oxygens (including phenoxy) is 2. The number of rotatable bonds is 9. The number of aliphatic hydroxyl groups is 1. The van der Waals surface area contributed by atoms with Crippen molar-refractivity contribution < 1.29 is 28.6 Å². The monoisotopic (exact) mass is 440 g/mol. The molecule has 8 nitrogen and oxygen atoms in total. The smallest absolute Gasteiger partial charge is 0.290 e. The lowest BCUT2D eigenvalue weighted by Crippen LogP contribution is -2.39. The minimum absolute atomic E-state index is 0.0421. The summed E-state index contributed by atoms with van der Waals surface area (Å²) in [5.74, 6) is -0.759. The number of amides is 1. The van der Waals surface area contributed by atoms with E-state index in [4.69, 9.17) is 13.9 Å². The molecular formula is C24H28N2O6. The van der Waals surface area contributed by atoms with Crippen LogP contribution in [0.15, 0.2) is 58.4 Å². The molecule has 32 heavy (non-hydrogen) atoms. The maximum Gasteiger partial charge on any atom is 0.290 e. The van der Waals surface area contributed by atoms with Gasteiger partial charge in [0, 0.05) is 26.2 Å². The molecule has 1 atom stereocenters. The number of aliphatic hydroxyl groups excluding tert-OH is 1. The normalized spacial score (nSPS) is 19.6. The van der Waals surface area contributed by atoms with Crippen molar-refractivity contribution in [1.29, 1.82) is 0 Å². The number of hydrogen-bond donors (Lipinski definition) is 1. The van der Waals surface area contributed by atoms with E-state index in [1.165, 1.54) is 12.3 Å². The SMILES string of the molecule is CCOc1ccc([C@@H]2C(C(=O)c3ccco3)=C(O)C(=O)N2CCCN2CCOCC2)cc1. The Morgan fingerprint density at radius 1 is 1.16 bits per heavy atom. The molecular weight excluding hydrogens is 412 g/mol. The molecule has 8 heteroatoms. The van der Waals surface area contributed by atoms with Crippen LogP contribution in [0.1, 0.15) is 35.5 Å². The van der Waals surface area contributed by atoms with Crippen LogP contribution in [-0.4, -0.2) is 72.6 Å². The van der Waals surface area contributed by atoms with E-state index in [1.807, 2.05) is 19.1 Å². The number of carbonyl (C=O) groups is 2. The molecule has 2 aliphatic heterocycles. The second-order valence-corrected chi connectivity index (χ2v) is 7.78. The number of benzene rings is 1. The van der Waals surface area contributed by atoms with Crippen LogP contribution in [0.2, 0.25) is 0 Å². The minimum Gasteiger partial charge on any atom is -0.503 e. The van der Waals surface area contributed by atoms with Crippen LogP contribution in [0.25, 0.3) is 0 Å². The third-order valence-corrected chi connectivity index (χ3v) is 5.78. The van der Waals surface area contributed by atoms with Gasteiger partial charge in [-0.25, -0.2) is 0 Å². The number of Topliss-reactive ketones (excluding diaryl/α,β-unsaturated/α-hetero) is 1. The first kappa shape index (κ1) is 22.1. The summed E-state index contributed by atoms with van der Waals surface area (Å²) in [6.07, 6.45) is 2.11. The lowest BCUT2D eigenvalue weighted by Gasteiger charge is -2.30. The number of hydrogen-bond acceptors (Lipinski definition) is 7. The van der Waals surface area contributed by atoms with E-state index < -0.39 is 23.5 Å². The van der Waals surface area contributed by atoms with Crippen molar-refractivity contribution in [3.05, 3.63) is 65.3 Å². The summed E-state index contributed by atoms with van der Waals surface area (Å²) in [4.78, 5) is 30.0. The molecule has 0 saturated carbocycles. The second kappa shape index (κ2) is 10.0. The van der Waals surface area contributed by atoms with Crippen molar-refractivity contribution in [3.8, 4) is 5.75 Å². The van der Waals surface area contributed by atoms with Crippen LogP contribution in [0, 0.1) is 0 Å². The Balaban J connectivity index is 1.59. The standard InChI is InChI=1S/C24H28N2O6/c1-2-31-18-8-6-17(7-9-18)21-20(22(27)19-5-3-14-32-19)23(28)24(29)26(21)11-4-10-25-12-15-30-16-13-25/h3,5-9,14,21,28H,2,4,10-13,15-16H2,1H3/t21-/m1/s1. The van der Waals surface area contributed by atoms with Gasteiger partial charge >= 0.3 is 0 Å². The molecule has 170 valence electrons. The molecule has 0 radical (unpaired) electrons. The lowest BCUT2D eigenvalue weighted by atomic mass is 9.95.